The molecule has 0 saturated heterocycles. The maximum atomic E-state index is 11.5. The van der Waals surface area contributed by atoms with Gasteiger partial charge in [0.15, 0.2) is 0 Å². The number of aromatic nitrogens is 2. The van der Waals surface area contributed by atoms with Crippen LogP contribution in [-0.4, -0.2) is 34.0 Å². The van der Waals surface area contributed by atoms with Crippen LogP contribution in [0, 0.1) is 0 Å². The Labute approximate surface area is 115 Å². The lowest BCUT2D eigenvalue weighted by Gasteiger charge is -2.02. The monoisotopic (exact) mass is 276 g/mol. The molecule has 7 heteroatoms. The van der Waals surface area contributed by atoms with Crippen molar-refractivity contribution in [1.82, 2.24) is 9.78 Å². The van der Waals surface area contributed by atoms with Crippen LogP contribution >= 0.6 is 0 Å². The van der Waals surface area contributed by atoms with E-state index in [1.807, 2.05) is 18.2 Å². The van der Waals surface area contributed by atoms with Crippen molar-refractivity contribution < 1.29 is 14.6 Å². The Morgan fingerprint density at radius 2 is 2.05 bits per heavy atom. The molecule has 5 N–H and O–H groups in total. The lowest BCUT2D eigenvalue weighted by Crippen LogP contribution is -2.15. The Kier molecular flexibility index (Phi) is 4.21. The summed E-state index contributed by atoms with van der Waals surface area (Å²) in [6, 6.07) is 9.10. The quantitative estimate of drug-likeness (QED) is 0.657. The molecular weight excluding hydrogens is 260 g/mol. The summed E-state index contributed by atoms with van der Waals surface area (Å²) in [6.45, 7) is 0.211. The van der Waals surface area contributed by atoms with E-state index in [0.717, 1.165) is 0 Å². The van der Waals surface area contributed by atoms with Crippen molar-refractivity contribution in [2.24, 2.45) is 5.73 Å². The Hall–Kier alpha value is -2.54. The van der Waals surface area contributed by atoms with Gasteiger partial charge in [0.2, 0.25) is 5.88 Å². The maximum absolute atomic E-state index is 11.5. The summed E-state index contributed by atoms with van der Waals surface area (Å²) in [5, 5.41) is 12.9. The van der Waals surface area contributed by atoms with Crippen LogP contribution in [0.25, 0.3) is 5.69 Å². The third-order valence-corrected chi connectivity index (χ3v) is 2.68. The third-order valence-electron chi connectivity index (χ3n) is 2.68. The number of ether oxygens (including phenoxy) is 1. The number of nitrogens with zero attached hydrogens (tertiary/aromatic N) is 2. The van der Waals surface area contributed by atoms with Gasteiger partial charge in [0.1, 0.15) is 11.4 Å². The molecule has 1 aromatic carbocycles. The van der Waals surface area contributed by atoms with Crippen LogP contribution in [0.15, 0.2) is 30.3 Å². The molecule has 2 rings (SSSR count). The highest BCUT2D eigenvalue weighted by Gasteiger charge is 2.22. The van der Waals surface area contributed by atoms with Crippen LogP contribution < -0.4 is 16.2 Å². The summed E-state index contributed by atoms with van der Waals surface area (Å²) in [7, 11) is 0. The Bertz CT molecular complexity index is 595. The van der Waals surface area contributed by atoms with Crippen molar-refractivity contribution in [2.45, 2.75) is 6.42 Å². The van der Waals surface area contributed by atoms with E-state index in [2.05, 4.69) is 5.10 Å². The normalized spacial score (nSPS) is 10.4. The van der Waals surface area contributed by atoms with Gasteiger partial charge in [0, 0.05) is 13.0 Å². The van der Waals surface area contributed by atoms with Gasteiger partial charge in [-0.05, 0) is 12.1 Å². The second-order valence-electron chi connectivity index (χ2n) is 4.10. The first-order valence-electron chi connectivity index (χ1n) is 6.12. The molecule has 1 heterocycles. The highest BCUT2D eigenvalue weighted by atomic mass is 16.5. The molecule has 7 nitrogen and oxygen atoms in total. The van der Waals surface area contributed by atoms with E-state index < -0.39 is 5.91 Å². The van der Waals surface area contributed by atoms with Crippen molar-refractivity contribution in [3.8, 4) is 11.6 Å². The number of carbonyl (C=O) groups is 1. The zero-order valence-corrected chi connectivity index (χ0v) is 10.8. The lowest BCUT2D eigenvalue weighted by molar-refractivity contribution is 0.0997. The highest BCUT2D eigenvalue weighted by molar-refractivity contribution is 6.00. The van der Waals surface area contributed by atoms with Crippen LogP contribution in [0.2, 0.25) is 0 Å². The first kappa shape index (κ1) is 13.9. The van der Waals surface area contributed by atoms with Gasteiger partial charge in [-0.2, -0.15) is 0 Å². The fourth-order valence-corrected chi connectivity index (χ4v) is 1.74. The number of primary amides is 1. The number of aliphatic hydroxyl groups is 1. The Morgan fingerprint density at radius 1 is 1.35 bits per heavy atom. The van der Waals surface area contributed by atoms with Crippen molar-refractivity contribution >= 4 is 11.7 Å². The highest BCUT2D eigenvalue weighted by Crippen LogP contribution is 2.26. The zero-order valence-electron chi connectivity index (χ0n) is 10.8. The molecule has 0 spiro atoms. The maximum Gasteiger partial charge on any atom is 0.258 e. The van der Waals surface area contributed by atoms with Crippen molar-refractivity contribution in [2.75, 3.05) is 18.9 Å². The summed E-state index contributed by atoms with van der Waals surface area (Å²) < 4.78 is 6.75. The smallest absolute Gasteiger partial charge is 0.258 e. The molecule has 0 saturated carbocycles. The molecule has 0 atom stereocenters. The second-order valence-corrected chi connectivity index (χ2v) is 4.10. The zero-order chi connectivity index (χ0) is 14.5. The average Bonchev–Trinajstić information content (AvgIpc) is 2.77. The summed E-state index contributed by atoms with van der Waals surface area (Å²) in [5.41, 5.74) is 12.0. The van der Waals surface area contributed by atoms with E-state index in [0.29, 0.717) is 12.1 Å². The SMILES string of the molecule is NC(=O)c1c(OCCCO)nn(-c2ccccc2)c1N. The van der Waals surface area contributed by atoms with Crippen LogP contribution in [0.5, 0.6) is 5.88 Å². The Morgan fingerprint density at radius 3 is 2.65 bits per heavy atom. The number of anilines is 1. The number of nitrogens with two attached hydrogens (primary N) is 2. The number of rotatable bonds is 6. The molecule has 0 bridgehead atoms. The Balaban J connectivity index is 2.40. The topological polar surface area (TPSA) is 116 Å². The number of nitrogen functional groups attached to an aromatic ring is 1. The van der Waals surface area contributed by atoms with Gasteiger partial charge in [0.25, 0.3) is 5.91 Å². The molecule has 1 amide bonds. The van der Waals surface area contributed by atoms with E-state index in [4.69, 9.17) is 21.3 Å². The van der Waals surface area contributed by atoms with E-state index in [1.54, 1.807) is 12.1 Å². The number of hydrogen-bond acceptors (Lipinski definition) is 5. The number of carbonyl (C=O) groups excluding carboxylic acids is 1. The minimum Gasteiger partial charge on any atom is -0.476 e. The van der Waals surface area contributed by atoms with Crippen molar-refractivity contribution in [3.05, 3.63) is 35.9 Å². The van der Waals surface area contributed by atoms with E-state index >= 15 is 0 Å². The van der Waals surface area contributed by atoms with Crippen LogP contribution in [0.1, 0.15) is 16.8 Å². The standard InChI is InChI=1S/C13H16N4O3/c14-11-10(12(15)19)13(20-8-4-7-18)16-17(11)9-5-2-1-3-6-9/h1-3,5-6,18H,4,7-8,14H2,(H2,15,19). The third kappa shape index (κ3) is 2.72. The number of hydrogen-bond donors (Lipinski definition) is 3. The van der Waals surface area contributed by atoms with E-state index in [9.17, 15) is 4.79 Å². The number of amides is 1. The largest absolute Gasteiger partial charge is 0.476 e. The molecule has 0 aliphatic heterocycles. The van der Waals surface area contributed by atoms with Gasteiger partial charge in [-0.15, -0.1) is 5.10 Å². The van der Waals surface area contributed by atoms with Gasteiger partial charge in [-0.1, -0.05) is 18.2 Å². The molecule has 106 valence electrons. The molecule has 0 fully saturated rings. The van der Waals surface area contributed by atoms with Gasteiger partial charge in [-0.3, -0.25) is 4.79 Å². The summed E-state index contributed by atoms with van der Waals surface area (Å²) in [5.74, 6) is -0.501. The average molecular weight is 276 g/mol. The number of benzene rings is 1. The van der Waals surface area contributed by atoms with Gasteiger partial charge >= 0.3 is 0 Å². The molecule has 1 aromatic heterocycles. The molecule has 2 aromatic rings. The summed E-state index contributed by atoms with van der Waals surface area (Å²) in [6.07, 6.45) is 0.427. The predicted octanol–water partition coefficient (Wildman–Crippen LogP) is 0.315. The van der Waals surface area contributed by atoms with E-state index in [-0.39, 0.29) is 30.5 Å². The fraction of sp³-hybridized carbons (Fsp3) is 0.231. The molecule has 20 heavy (non-hydrogen) atoms. The van der Waals surface area contributed by atoms with Crippen LogP contribution in [-0.2, 0) is 0 Å². The first-order valence-corrected chi connectivity index (χ1v) is 6.12. The van der Waals surface area contributed by atoms with Crippen LogP contribution in [0.3, 0.4) is 0 Å². The van der Waals surface area contributed by atoms with Gasteiger partial charge in [-0.25, -0.2) is 4.68 Å². The van der Waals surface area contributed by atoms with Gasteiger partial charge < -0.3 is 21.3 Å². The molecule has 0 radical (unpaired) electrons. The molecule has 0 aliphatic carbocycles. The van der Waals surface area contributed by atoms with Crippen molar-refractivity contribution in [1.29, 1.82) is 0 Å². The molecular formula is C13H16N4O3. The van der Waals surface area contributed by atoms with Crippen LogP contribution in [0.4, 0.5) is 5.82 Å². The fourth-order valence-electron chi connectivity index (χ4n) is 1.74. The number of aliphatic hydroxyl groups excluding tert-OH is 1. The predicted molar refractivity (Wildman–Crippen MR) is 73.7 cm³/mol. The van der Waals surface area contributed by atoms with E-state index in [1.165, 1.54) is 4.68 Å². The minimum atomic E-state index is -0.705. The second kappa shape index (κ2) is 6.07. The van der Waals surface area contributed by atoms with Gasteiger partial charge in [0.05, 0.1) is 12.3 Å². The molecule has 0 aliphatic rings. The number of para-hydroxylation sites is 1. The minimum absolute atomic E-state index is 0.0131. The first-order chi connectivity index (χ1) is 9.65. The summed E-state index contributed by atoms with van der Waals surface area (Å²) >= 11 is 0. The summed E-state index contributed by atoms with van der Waals surface area (Å²) in [4.78, 5) is 11.5. The molecule has 0 unspecified atom stereocenters. The lowest BCUT2D eigenvalue weighted by atomic mass is 10.3. The van der Waals surface area contributed by atoms with Crippen molar-refractivity contribution in [3.63, 3.8) is 0 Å².